The van der Waals surface area contributed by atoms with E-state index in [2.05, 4.69) is 16.0 Å². The molecular weight excluding hydrogens is 445 g/mol. The van der Waals surface area contributed by atoms with Crippen LogP contribution in [0.3, 0.4) is 0 Å². The lowest BCUT2D eigenvalue weighted by molar-refractivity contribution is 0.0953. The van der Waals surface area contributed by atoms with E-state index in [1.165, 1.54) is 24.3 Å². The number of ether oxygens (including phenoxy) is 2. The molecule has 0 aliphatic carbocycles. The van der Waals surface area contributed by atoms with Gasteiger partial charge in [0, 0.05) is 24.6 Å². The van der Waals surface area contributed by atoms with Crippen LogP contribution in [-0.2, 0) is 13.0 Å². The van der Waals surface area contributed by atoms with E-state index in [-0.39, 0.29) is 11.7 Å². The van der Waals surface area contributed by atoms with E-state index in [0.717, 1.165) is 54.0 Å². The number of imidazole rings is 1. The van der Waals surface area contributed by atoms with Gasteiger partial charge >= 0.3 is 0 Å². The maximum absolute atomic E-state index is 13.0. The van der Waals surface area contributed by atoms with Crippen LogP contribution >= 0.6 is 0 Å². The molecule has 182 valence electrons. The maximum atomic E-state index is 13.0. The Morgan fingerprint density at radius 1 is 0.971 bits per heavy atom. The number of benzene rings is 3. The van der Waals surface area contributed by atoms with Crippen molar-refractivity contribution in [3.05, 3.63) is 90.0 Å². The van der Waals surface area contributed by atoms with Crippen molar-refractivity contribution in [3.63, 3.8) is 0 Å². The van der Waals surface area contributed by atoms with Gasteiger partial charge in [0.2, 0.25) is 0 Å². The molecule has 0 aliphatic heterocycles. The molecule has 0 atom stereocenters. The van der Waals surface area contributed by atoms with E-state index in [1.807, 2.05) is 42.5 Å². The minimum absolute atomic E-state index is 0.178. The number of unbranched alkanes of at least 4 members (excludes halogenated alkanes) is 2. The number of halogens is 1. The van der Waals surface area contributed by atoms with Crippen LogP contribution in [0.4, 0.5) is 4.39 Å². The number of carbonyl (C=O) groups excluding carboxylic acids is 1. The van der Waals surface area contributed by atoms with Crippen LogP contribution in [0.2, 0.25) is 0 Å². The van der Waals surface area contributed by atoms with Crippen molar-refractivity contribution >= 4 is 16.9 Å². The SMILES string of the molecule is COc1cccc(OCCn2c(CCCCCNC(=O)c3ccc(F)cc3)nc3ccccc32)c1. The number of aromatic nitrogens is 2. The number of nitrogens with one attached hydrogen (secondary N) is 1. The van der Waals surface area contributed by atoms with E-state index in [0.29, 0.717) is 25.3 Å². The zero-order valence-corrected chi connectivity index (χ0v) is 19.9. The topological polar surface area (TPSA) is 65.4 Å². The van der Waals surface area contributed by atoms with E-state index in [4.69, 9.17) is 14.5 Å². The molecule has 0 bridgehead atoms. The number of aryl methyl sites for hydroxylation is 1. The monoisotopic (exact) mass is 475 g/mol. The quantitative estimate of drug-likeness (QED) is 0.279. The van der Waals surface area contributed by atoms with Crippen molar-refractivity contribution in [2.45, 2.75) is 32.2 Å². The molecule has 4 rings (SSSR count). The summed E-state index contributed by atoms with van der Waals surface area (Å²) in [5.41, 5.74) is 2.55. The molecule has 35 heavy (non-hydrogen) atoms. The zero-order valence-electron chi connectivity index (χ0n) is 19.9. The third-order valence-corrected chi connectivity index (χ3v) is 5.83. The van der Waals surface area contributed by atoms with Gasteiger partial charge in [-0.2, -0.15) is 0 Å². The lowest BCUT2D eigenvalue weighted by atomic mass is 10.1. The predicted molar refractivity (Wildman–Crippen MR) is 135 cm³/mol. The molecule has 0 aliphatic rings. The Hall–Kier alpha value is -3.87. The van der Waals surface area contributed by atoms with Gasteiger partial charge in [-0.15, -0.1) is 0 Å². The van der Waals surface area contributed by atoms with Crippen LogP contribution in [0.1, 0.15) is 35.4 Å². The number of methoxy groups -OCH3 is 1. The third-order valence-electron chi connectivity index (χ3n) is 5.83. The first-order valence-electron chi connectivity index (χ1n) is 11.9. The molecule has 0 saturated carbocycles. The molecule has 0 radical (unpaired) electrons. The average molecular weight is 476 g/mol. The Morgan fingerprint density at radius 2 is 1.77 bits per heavy atom. The smallest absolute Gasteiger partial charge is 0.251 e. The number of rotatable bonds is 12. The number of amides is 1. The molecule has 1 aromatic heterocycles. The first-order chi connectivity index (χ1) is 17.1. The minimum atomic E-state index is -0.348. The van der Waals surface area contributed by atoms with E-state index < -0.39 is 0 Å². The lowest BCUT2D eigenvalue weighted by Crippen LogP contribution is -2.24. The van der Waals surface area contributed by atoms with Crippen molar-refractivity contribution in [1.29, 1.82) is 0 Å². The summed E-state index contributed by atoms with van der Waals surface area (Å²) < 4.78 is 26.5. The second kappa shape index (κ2) is 12.0. The van der Waals surface area contributed by atoms with Crippen LogP contribution in [0.15, 0.2) is 72.8 Å². The zero-order chi connectivity index (χ0) is 24.5. The highest BCUT2D eigenvalue weighted by atomic mass is 19.1. The summed E-state index contributed by atoms with van der Waals surface area (Å²) in [6, 6.07) is 21.3. The molecule has 0 fully saturated rings. The van der Waals surface area contributed by atoms with Crippen LogP contribution < -0.4 is 14.8 Å². The highest BCUT2D eigenvalue weighted by Crippen LogP contribution is 2.21. The van der Waals surface area contributed by atoms with Gasteiger partial charge in [-0.25, -0.2) is 9.37 Å². The summed E-state index contributed by atoms with van der Waals surface area (Å²) in [7, 11) is 1.64. The minimum Gasteiger partial charge on any atom is -0.497 e. The summed E-state index contributed by atoms with van der Waals surface area (Å²) >= 11 is 0. The molecule has 0 spiro atoms. The van der Waals surface area contributed by atoms with Gasteiger partial charge in [-0.05, 0) is 61.4 Å². The van der Waals surface area contributed by atoms with Crippen molar-refractivity contribution in [2.75, 3.05) is 20.3 Å². The number of nitrogens with zero attached hydrogens (tertiary/aromatic N) is 2. The van der Waals surface area contributed by atoms with Crippen molar-refractivity contribution < 1.29 is 18.7 Å². The largest absolute Gasteiger partial charge is 0.497 e. The summed E-state index contributed by atoms with van der Waals surface area (Å²) in [5, 5.41) is 2.89. The fourth-order valence-electron chi connectivity index (χ4n) is 4.00. The number of carbonyl (C=O) groups is 1. The standard InChI is InChI=1S/C28H30FN3O3/c1-34-23-8-7-9-24(20-23)35-19-18-32-26-11-5-4-10-25(26)31-27(32)12-3-2-6-17-30-28(33)21-13-15-22(29)16-14-21/h4-5,7-11,13-16,20H,2-3,6,12,17-19H2,1H3,(H,30,33). The van der Waals surface area contributed by atoms with Crippen LogP contribution in [0.25, 0.3) is 11.0 Å². The number of para-hydroxylation sites is 2. The molecule has 3 aromatic carbocycles. The van der Waals surface area contributed by atoms with Crippen LogP contribution in [0, 0.1) is 5.82 Å². The van der Waals surface area contributed by atoms with Gasteiger partial charge in [-0.1, -0.05) is 24.6 Å². The highest BCUT2D eigenvalue weighted by Gasteiger charge is 2.11. The fraction of sp³-hybridized carbons (Fsp3) is 0.286. The van der Waals surface area contributed by atoms with Crippen LogP contribution in [-0.4, -0.2) is 35.7 Å². The summed E-state index contributed by atoms with van der Waals surface area (Å²) in [6.07, 6.45) is 3.64. The van der Waals surface area contributed by atoms with E-state index in [1.54, 1.807) is 7.11 Å². The maximum Gasteiger partial charge on any atom is 0.251 e. The normalized spacial score (nSPS) is 10.9. The number of hydrogen-bond donors (Lipinski definition) is 1. The summed E-state index contributed by atoms with van der Waals surface area (Å²) in [6.45, 7) is 1.80. The highest BCUT2D eigenvalue weighted by molar-refractivity contribution is 5.94. The fourth-order valence-corrected chi connectivity index (χ4v) is 4.00. The average Bonchev–Trinajstić information content (AvgIpc) is 3.24. The molecule has 6 nitrogen and oxygen atoms in total. The molecule has 1 heterocycles. The van der Waals surface area contributed by atoms with Gasteiger partial charge in [0.25, 0.3) is 5.91 Å². The Kier molecular flexibility index (Phi) is 8.33. The van der Waals surface area contributed by atoms with Crippen molar-refractivity contribution in [2.24, 2.45) is 0 Å². The number of fused-ring (bicyclic) bond motifs is 1. The Labute approximate surface area is 204 Å². The third kappa shape index (κ3) is 6.59. The van der Waals surface area contributed by atoms with Gasteiger partial charge < -0.3 is 19.4 Å². The molecule has 0 unspecified atom stereocenters. The Bertz CT molecular complexity index is 1250. The van der Waals surface area contributed by atoms with E-state index >= 15 is 0 Å². The van der Waals surface area contributed by atoms with Gasteiger partial charge in [0.15, 0.2) is 0 Å². The molecule has 1 amide bonds. The Morgan fingerprint density at radius 3 is 2.60 bits per heavy atom. The lowest BCUT2D eigenvalue weighted by Gasteiger charge is -2.12. The number of hydrogen-bond acceptors (Lipinski definition) is 4. The first kappa shape index (κ1) is 24.3. The van der Waals surface area contributed by atoms with Gasteiger partial charge in [0.05, 0.1) is 24.7 Å². The summed E-state index contributed by atoms with van der Waals surface area (Å²) in [5.74, 6) is 2.06. The molecule has 1 N–H and O–H groups in total. The van der Waals surface area contributed by atoms with Gasteiger partial charge in [0.1, 0.15) is 29.7 Å². The molecule has 0 saturated heterocycles. The second-order valence-corrected chi connectivity index (χ2v) is 8.27. The van der Waals surface area contributed by atoms with E-state index in [9.17, 15) is 9.18 Å². The summed E-state index contributed by atoms with van der Waals surface area (Å²) in [4.78, 5) is 17.0. The second-order valence-electron chi connectivity index (χ2n) is 8.27. The molecule has 7 heteroatoms. The van der Waals surface area contributed by atoms with Crippen molar-refractivity contribution in [3.8, 4) is 11.5 Å². The molecule has 4 aromatic rings. The van der Waals surface area contributed by atoms with Gasteiger partial charge in [-0.3, -0.25) is 4.79 Å². The first-order valence-corrected chi connectivity index (χ1v) is 11.9. The Balaban J connectivity index is 1.27. The predicted octanol–water partition coefficient (Wildman–Crippen LogP) is 5.41. The molecular formula is C28H30FN3O3. The van der Waals surface area contributed by atoms with Crippen LogP contribution in [0.5, 0.6) is 11.5 Å². The van der Waals surface area contributed by atoms with Crippen molar-refractivity contribution in [1.82, 2.24) is 14.9 Å².